The summed E-state index contributed by atoms with van der Waals surface area (Å²) >= 11 is 0. The predicted octanol–water partition coefficient (Wildman–Crippen LogP) is 8.14. The maximum absolute atomic E-state index is 10.5. The van der Waals surface area contributed by atoms with E-state index >= 15 is 0 Å². The van der Waals surface area contributed by atoms with Gasteiger partial charge in [0.25, 0.3) is 0 Å². The molecule has 1 heteroatoms. The number of hydrogen-bond donors (Lipinski definition) is 0. The van der Waals surface area contributed by atoms with Gasteiger partial charge in [-0.05, 0) is 91.9 Å². The molecule has 0 bridgehead atoms. The molecule has 0 aromatic rings. The van der Waals surface area contributed by atoms with Crippen molar-refractivity contribution < 1.29 is 4.79 Å². The van der Waals surface area contributed by atoms with Gasteiger partial charge in [-0.2, -0.15) is 0 Å². The summed E-state index contributed by atoms with van der Waals surface area (Å²) in [6.07, 6.45) is 20.4. The van der Waals surface area contributed by atoms with Crippen LogP contribution in [0.4, 0.5) is 0 Å². The lowest BCUT2D eigenvalue weighted by molar-refractivity contribution is -0.108. The van der Waals surface area contributed by atoms with Crippen LogP contribution in [0.2, 0.25) is 0 Å². The number of allylic oxidation sites excluding steroid dienone is 8. The van der Waals surface area contributed by atoms with Gasteiger partial charge >= 0.3 is 0 Å². The fraction of sp³-hybridized carbons (Fsp3) is 0.640. The van der Waals surface area contributed by atoms with Crippen LogP contribution in [0.3, 0.4) is 0 Å². The van der Waals surface area contributed by atoms with Crippen molar-refractivity contribution in [2.75, 3.05) is 0 Å². The molecule has 0 saturated carbocycles. The summed E-state index contributed by atoms with van der Waals surface area (Å²) in [5.41, 5.74) is 5.91. The molecule has 1 nitrogen and oxygen atoms in total. The van der Waals surface area contributed by atoms with E-state index in [-0.39, 0.29) is 0 Å². The van der Waals surface area contributed by atoms with E-state index in [1.807, 2.05) is 0 Å². The van der Waals surface area contributed by atoms with Gasteiger partial charge in [0.15, 0.2) is 0 Å². The summed E-state index contributed by atoms with van der Waals surface area (Å²) in [6, 6.07) is 0. The molecule has 0 aliphatic heterocycles. The SMILES string of the molecule is CC(C)=CCCC(C)=CCCC(C)=CCCC(C)=CCCC(C)CC=O. The van der Waals surface area contributed by atoms with Crippen molar-refractivity contribution in [3.63, 3.8) is 0 Å². The number of hydrogen-bond acceptors (Lipinski definition) is 1. The topological polar surface area (TPSA) is 17.1 Å². The molecule has 148 valence electrons. The minimum Gasteiger partial charge on any atom is -0.303 e. The van der Waals surface area contributed by atoms with Gasteiger partial charge in [0.2, 0.25) is 0 Å². The highest BCUT2D eigenvalue weighted by atomic mass is 16.1. The molecule has 0 aromatic heterocycles. The lowest BCUT2D eigenvalue weighted by atomic mass is 10.0. The first-order valence-electron chi connectivity index (χ1n) is 10.4. The summed E-state index contributed by atoms with van der Waals surface area (Å²) in [6.45, 7) is 13.2. The van der Waals surface area contributed by atoms with Crippen LogP contribution >= 0.6 is 0 Å². The average Bonchev–Trinajstić information content (AvgIpc) is 2.54. The Morgan fingerprint density at radius 1 is 0.692 bits per heavy atom. The zero-order valence-corrected chi connectivity index (χ0v) is 18.2. The molecular weight excluding hydrogens is 316 g/mol. The van der Waals surface area contributed by atoms with Gasteiger partial charge in [-0.25, -0.2) is 0 Å². The van der Waals surface area contributed by atoms with Gasteiger partial charge in [0.1, 0.15) is 6.29 Å². The molecule has 0 fully saturated rings. The second kappa shape index (κ2) is 15.9. The van der Waals surface area contributed by atoms with Crippen LogP contribution in [0.5, 0.6) is 0 Å². The Morgan fingerprint density at radius 2 is 1.12 bits per heavy atom. The second-order valence-corrected chi connectivity index (χ2v) is 8.13. The van der Waals surface area contributed by atoms with E-state index in [2.05, 4.69) is 65.8 Å². The third-order valence-electron chi connectivity index (χ3n) is 4.81. The van der Waals surface area contributed by atoms with Crippen molar-refractivity contribution >= 4 is 6.29 Å². The summed E-state index contributed by atoms with van der Waals surface area (Å²) in [5, 5.41) is 0. The standard InChI is InChI=1S/C25H42O/c1-21(2)11-7-12-22(3)13-8-14-23(4)15-9-16-24(5)17-10-18-25(6)19-20-26/h11,13,15,17,20,25H,7-10,12,14,16,18-19H2,1-6H3. The molecule has 26 heavy (non-hydrogen) atoms. The molecule has 0 radical (unpaired) electrons. The highest BCUT2D eigenvalue weighted by Gasteiger charge is 1.99. The number of rotatable bonds is 14. The Morgan fingerprint density at radius 3 is 1.54 bits per heavy atom. The fourth-order valence-electron chi connectivity index (χ4n) is 2.88. The minimum atomic E-state index is 0.511. The molecule has 0 heterocycles. The molecule has 0 N–H and O–H groups in total. The van der Waals surface area contributed by atoms with E-state index in [1.165, 1.54) is 41.6 Å². The van der Waals surface area contributed by atoms with E-state index in [1.54, 1.807) is 0 Å². The van der Waals surface area contributed by atoms with Gasteiger partial charge in [0, 0.05) is 6.42 Å². The third kappa shape index (κ3) is 16.1. The first-order chi connectivity index (χ1) is 12.3. The van der Waals surface area contributed by atoms with Crippen molar-refractivity contribution in [2.24, 2.45) is 5.92 Å². The molecule has 0 aromatic carbocycles. The van der Waals surface area contributed by atoms with Crippen LogP contribution in [-0.2, 0) is 4.79 Å². The zero-order chi connectivity index (χ0) is 19.8. The Labute approximate surface area is 163 Å². The van der Waals surface area contributed by atoms with Crippen molar-refractivity contribution in [1.29, 1.82) is 0 Å². The Kier molecular flexibility index (Phi) is 15.0. The molecule has 1 atom stereocenters. The molecule has 0 spiro atoms. The van der Waals surface area contributed by atoms with Gasteiger partial charge < -0.3 is 4.79 Å². The largest absolute Gasteiger partial charge is 0.303 e. The summed E-state index contributed by atoms with van der Waals surface area (Å²) in [4.78, 5) is 10.5. The number of aldehydes is 1. The summed E-state index contributed by atoms with van der Waals surface area (Å²) < 4.78 is 0. The molecule has 1 unspecified atom stereocenters. The Bertz CT molecular complexity index is 498. The van der Waals surface area contributed by atoms with E-state index in [0.29, 0.717) is 12.3 Å². The molecule has 0 amide bonds. The Hall–Kier alpha value is -1.37. The van der Waals surface area contributed by atoms with Crippen LogP contribution in [0, 0.1) is 5.92 Å². The normalized spacial score (nSPS) is 14.3. The van der Waals surface area contributed by atoms with Gasteiger partial charge in [-0.3, -0.25) is 0 Å². The van der Waals surface area contributed by atoms with E-state index < -0.39 is 0 Å². The lowest BCUT2D eigenvalue weighted by Crippen LogP contribution is -1.94. The summed E-state index contributed by atoms with van der Waals surface area (Å²) in [7, 11) is 0. The third-order valence-corrected chi connectivity index (χ3v) is 4.81. The number of carbonyl (C=O) groups excluding carboxylic acids is 1. The monoisotopic (exact) mass is 358 g/mol. The quantitative estimate of drug-likeness (QED) is 0.226. The first kappa shape index (κ1) is 24.6. The van der Waals surface area contributed by atoms with Crippen molar-refractivity contribution in [1.82, 2.24) is 0 Å². The maximum atomic E-state index is 10.5. The fourth-order valence-corrected chi connectivity index (χ4v) is 2.88. The van der Waals surface area contributed by atoms with Crippen molar-refractivity contribution in [2.45, 2.75) is 99.3 Å². The molecule has 0 aliphatic carbocycles. The van der Waals surface area contributed by atoms with E-state index in [9.17, 15) is 4.79 Å². The smallest absolute Gasteiger partial charge is 0.120 e. The maximum Gasteiger partial charge on any atom is 0.120 e. The number of carbonyl (C=O) groups is 1. The molecule has 0 saturated heterocycles. The van der Waals surface area contributed by atoms with Crippen molar-refractivity contribution in [3.05, 3.63) is 46.6 Å². The molecular formula is C25H42O. The van der Waals surface area contributed by atoms with E-state index in [4.69, 9.17) is 0 Å². The van der Waals surface area contributed by atoms with Crippen LogP contribution in [0.1, 0.15) is 99.3 Å². The molecule has 0 aliphatic rings. The lowest BCUT2D eigenvalue weighted by Gasteiger charge is -2.05. The highest BCUT2D eigenvalue weighted by Crippen LogP contribution is 2.15. The first-order valence-corrected chi connectivity index (χ1v) is 10.4. The van der Waals surface area contributed by atoms with Crippen LogP contribution in [-0.4, -0.2) is 6.29 Å². The second-order valence-electron chi connectivity index (χ2n) is 8.13. The molecule has 0 rings (SSSR count). The predicted molar refractivity (Wildman–Crippen MR) is 117 cm³/mol. The minimum absolute atomic E-state index is 0.511. The Balaban J connectivity index is 3.99. The zero-order valence-electron chi connectivity index (χ0n) is 18.2. The van der Waals surface area contributed by atoms with Crippen molar-refractivity contribution in [3.8, 4) is 0 Å². The van der Waals surface area contributed by atoms with Gasteiger partial charge in [-0.15, -0.1) is 0 Å². The van der Waals surface area contributed by atoms with Gasteiger partial charge in [0.05, 0.1) is 0 Å². The van der Waals surface area contributed by atoms with E-state index in [0.717, 1.165) is 38.4 Å². The van der Waals surface area contributed by atoms with Gasteiger partial charge in [-0.1, -0.05) is 53.5 Å². The summed E-state index contributed by atoms with van der Waals surface area (Å²) in [5.74, 6) is 0.511. The highest BCUT2D eigenvalue weighted by molar-refractivity contribution is 5.49. The van der Waals surface area contributed by atoms with Crippen LogP contribution in [0.25, 0.3) is 0 Å². The average molecular weight is 359 g/mol. The van der Waals surface area contributed by atoms with Crippen LogP contribution in [0.15, 0.2) is 46.6 Å². The van der Waals surface area contributed by atoms with Crippen LogP contribution < -0.4 is 0 Å².